The molecule has 0 saturated heterocycles. The second-order valence-electron chi connectivity index (χ2n) is 22.4. The maximum Gasteiger partial charge on any atom is 0.306 e. The summed E-state index contributed by atoms with van der Waals surface area (Å²) in [6, 6.07) is 0. The highest BCUT2D eigenvalue weighted by atomic mass is 16.6. The lowest BCUT2D eigenvalue weighted by atomic mass is 10.0. The van der Waals surface area contributed by atoms with Gasteiger partial charge in [-0.25, -0.2) is 0 Å². The average Bonchev–Trinajstić information content (AvgIpc) is 3.45. The van der Waals surface area contributed by atoms with E-state index < -0.39 is 12.1 Å². The third kappa shape index (κ3) is 65.0. The van der Waals surface area contributed by atoms with Crippen molar-refractivity contribution in [3.8, 4) is 0 Å². The molecule has 0 aromatic heterocycles. The molecular weight excluding hydrogens is 973 g/mol. The van der Waals surface area contributed by atoms with Gasteiger partial charge < -0.3 is 14.2 Å². The summed E-state index contributed by atoms with van der Waals surface area (Å²) in [6.45, 7) is 6.46. The molecule has 1 unspecified atom stereocenters. The van der Waals surface area contributed by atoms with Gasteiger partial charge in [0, 0.05) is 19.3 Å². The highest BCUT2D eigenvalue weighted by Crippen LogP contribution is 2.17. The van der Waals surface area contributed by atoms with Gasteiger partial charge in [0.05, 0.1) is 0 Å². The fourth-order valence-electron chi connectivity index (χ4n) is 9.56. The van der Waals surface area contributed by atoms with Gasteiger partial charge in [0.1, 0.15) is 13.2 Å². The summed E-state index contributed by atoms with van der Waals surface area (Å²) < 4.78 is 16.9. The van der Waals surface area contributed by atoms with E-state index in [9.17, 15) is 14.4 Å². The van der Waals surface area contributed by atoms with Crippen LogP contribution >= 0.6 is 0 Å². The standard InChI is InChI=1S/C73H126O6/c1-4-7-10-13-16-19-22-25-28-30-32-33-34-35-36-37-38-39-41-42-45-48-51-54-57-60-63-66-72(75)78-69-70(68-77-71(74)65-62-59-56-53-50-47-44-27-24-21-18-15-12-9-6-3)79-73(76)67-64-61-58-55-52-49-46-43-40-31-29-26-23-20-17-14-11-8-5-2/h8,11,17-18,20-21,26-27,29,40,43-44,49,52,58,61,70H,4-7,9-10,12-16,19,22-25,28,30-39,41-42,45-48,50-51,53-57,59-60,62-69H2,1-3H3/b11-8-,20-17-,21-18-,29-26-,43-40-,44-27-,52-49-,61-58-. The minimum atomic E-state index is -0.825. The second-order valence-corrected chi connectivity index (χ2v) is 22.4. The van der Waals surface area contributed by atoms with E-state index in [4.69, 9.17) is 14.2 Å². The summed E-state index contributed by atoms with van der Waals surface area (Å²) in [5.74, 6) is -0.997. The second kappa shape index (κ2) is 66.8. The first-order valence-electron chi connectivity index (χ1n) is 33.7. The van der Waals surface area contributed by atoms with E-state index in [0.717, 1.165) is 103 Å². The smallest absolute Gasteiger partial charge is 0.306 e. The molecule has 0 aliphatic carbocycles. The predicted molar refractivity (Wildman–Crippen MR) is 344 cm³/mol. The summed E-state index contributed by atoms with van der Waals surface area (Å²) in [4.78, 5) is 38.3. The van der Waals surface area contributed by atoms with Crippen molar-refractivity contribution >= 4 is 17.9 Å². The minimum Gasteiger partial charge on any atom is -0.462 e. The van der Waals surface area contributed by atoms with Crippen LogP contribution in [0.1, 0.15) is 329 Å². The van der Waals surface area contributed by atoms with Gasteiger partial charge >= 0.3 is 17.9 Å². The molecule has 454 valence electrons. The Labute approximate surface area is 489 Å². The summed E-state index contributed by atoms with van der Waals surface area (Å²) >= 11 is 0. The van der Waals surface area contributed by atoms with Crippen molar-refractivity contribution < 1.29 is 28.6 Å². The molecule has 0 rings (SSSR count). The number of unbranched alkanes of at least 4 members (excludes halogenated alkanes) is 34. The number of carbonyl (C=O) groups is 3. The van der Waals surface area contributed by atoms with Gasteiger partial charge in [-0.15, -0.1) is 0 Å². The molecule has 0 aromatic carbocycles. The monoisotopic (exact) mass is 1100 g/mol. The fourth-order valence-corrected chi connectivity index (χ4v) is 9.56. The van der Waals surface area contributed by atoms with E-state index in [1.807, 2.05) is 6.08 Å². The molecule has 0 N–H and O–H groups in total. The molecule has 0 amide bonds. The number of hydrogen-bond donors (Lipinski definition) is 0. The van der Waals surface area contributed by atoms with E-state index in [2.05, 4.69) is 112 Å². The van der Waals surface area contributed by atoms with Crippen molar-refractivity contribution in [3.63, 3.8) is 0 Å². The first-order chi connectivity index (χ1) is 39.0. The molecule has 0 spiro atoms. The zero-order valence-electron chi connectivity index (χ0n) is 52.1. The molecular formula is C73H126O6. The van der Waals surface area contributed by atoms with Crippen molar-refractivity contribution in [2.75, 3.05) is 13.2 Å². The Morgan fingerprint density at radius 1 is 0.266 bits per heavy atom. The van der Waals surface area contributed by atoms with Crippen molar-refractivity contribution in [2.24, 2.45) is 0 Å². The molecule has 6 heteroatoms. The zero-order chi connectivity index (χ0) is 57.1. The zero-order valence-corrected chi connectivity index (χ0v) is 52.1. The van der Waals surface area contributed by atoms with E-state index in [1.165, 1.54) is 180 Å². The lowest BCUT2D eigenvalue weighted by Crippen LogP contribution is -2.30. The van der Waals surface area contributed by atoms with Gasteiger partial charge in [-0.3, -0.25) is 14.4 Å². The summed E-state index contributed by atoms with van der Waals surface area (Å²) in [5, 5.41) is 0. The maximum absolute atomic E-state index is 12.9. The molecule has 0 radical (unpaired) electrons. The van der Waals surface area contributed by atoms with Crippen LogP contribution in [0.4, 0.5) is 0 Å². The summed E-state index contributed by atoms with van der Waals surface area (Å²) in [5.41, 5.74) is 0. The lowest BCUT2D eigenvalue weighted by Gasteiger charge is -2.18. The molecule has 0 heterocycles. The molecule has 6 nitrogen and oxygen atoms in total. The topological polar surface area (TPSA) is 78.9 Å². The van der Waals surface area contributed by atoms with Crippen LogP contribution in [-0.2, 0) is 28.6 Å². The van der Waals surface area contributed by atoms with Gasteiger partial charge in [0.2, 0.25) is 0 Å². The number of carbonyl (C=O) groups excluding carboxylic acids is 3. The maximum atomic E-state index is 12.9. The van der Waals surface area contributed by atoms with Crippen LogP contribution in [0, 0.1) is 0 Å². The Hall–Kier alpha value is -3.67. The first-order valence-corrected chi connectivity index (χ1v) is 33.7. The van der Waals surface area contributed by atoms with Gasteiger partial charge in [-0.05, 0) is 89.9 Å². The van der Waals surface area contributed by atoms with Crippen LogP contribution in [0.2, 0.25) is 0 Å². The number of hydrogen-bond acceptors (Lipinski definition) is 6. The Kier molecular flexibility index (Phi) is 63.7. The average molecular weight is 1100 g/mol. The number of allylic oxidation sites excluding steroid dienone is 16. The highest BCUT2D eigenvalue weighted by molar-refractivity contribution is 5.71. The lowest BCUT2D eigenvalue weighted by molar-refractivity contribution is -0.166. The largest absolute Gasteiger partial charge is 0.462 e. The molecule has 0 aromatic rings. The van der Waals surface area contributed by atoms with Crippen molar-refractivity contribution in [3.05, 3.63) is 97.2 Å². The molecule has 0 fully saturated rings. The predicted octanol–water partition coefficient (Wildman–Crippen LogP) is 23.2. The van der Waals surface area contributed by atoms with Crippen LogP contribution < -0.4 is 0 Å². The highest BCUT2D eigenvalue weighted by Gasteiger charge is 2.19. The number of ether oxygens (including phenoxy) is 3. The summed E-state index contributed by atoms with van der Waals surface area (Å²) in [6.07, 6.45) is 90.2. The Morgan fingerprint density at radius 3 is 0.848 bits per heavy atom. The minimum absolute atomic E-state index is 0.110. The van der Waals surface area contributed by atoms with Crippen LogP contribution in [-0.4, -0.2) is 37.2 Å². The third-order valence-corrected chi connectivity index (χ3v) is 14.6. The van der Waals surface area contributed by atoms with E-state index in [0.29, 0.717) is 19.3 Å². The van der Waals surface area contributed by atoms with Crippen molar-refractivity contribution in [1.82, 2.24) is 0 Å². The number of rotatable bonds is 61. The first kappa shape index (κ1) is 75.3. The molecule has 1 atom stereocenters. The van der Waals surface area contributed by atoms with Crippen molar-refractivity contribution in [1.29, 1.82) is 0 Å². The van der Waals surface area contributed by atoms with E-state index in [1.54, 1.807) is 0 Å². The number of esters is 3. The SMILES string of the molecule is CC/C=C\C/C=C\C/C=C\C/C=C\C/C=C\C/C=C\CCC(=O)OC(COC(=O)CCCCCCC/C=C\C/C=C\CCCCC)COC(=O)CCCCCCCCCCCCCCCCCCCCCCCCCCCCC. The van der Waals surface area contributed by atoms with Gasteiger partial charge in [0.25, 0.3) is 0 Å². The summed E-state index contributed by atoms with van der Waals surface area (Å²) in [7, 11) is 0. The van der Waals surface area contributed by atoms with Gasteiger partial charge in [0.15, 0.2) is 6.10 Å². The van der Waals surface area contributed by atoms with Crippen LogP contribution in [0.3, 0.4) is 0 Å². The van der Waals surface area contributed by atoms with Crippen molar-refractivity contribution in [2.45, 2.75) is 335 Å². The van der Waals surface area contributed by atoms with Crippen LogP contribution in [0.15, 0.2) is 97.2 Å². The Balaban J connectivity index is 4.36. The van der Waals surface area contributed by atoms with Crippen LogP contribution in [0.25, 0.3) is 0 Å². The Morgan fingerprint density at radius 2 is 0.519 bits per heavy atom. The molecule has 0 aliphatic heterocycles. The fraction of sp³-hybridized carbons (Fsp3) is 0.740. The molecule has 0 aliphatic rings. The molecule has 0 bridgehead atoms. The van der Waals surface area contributed by atoms with E-state index >= 15 is 0 Å². The van der Waals surface area contributed by atoms with Gasteiger partial charge in [-0.1, -0.05) is 317 Å². The normalized spacial score (nSPS) is 12.7. The quantitative estimate of drug-likeness (QED) is 0.0261. The van der Waals surface area contributed by atoms with Gasteiger partial charge in [-0.2, -0.15) is 0 Å². The Bertz CT molecular complexity index is 1540. The van der Waals surface area contributed by atoms with E-state index in [-0.39, 0.29) is 31.6 Å². The molecule has 0 saturated carbocycles. The third-order valence-electron chi connectivity index (χ3n) is 14.6. The molecule has 79 heavy (non-hydrogen) atoms. The van der Waals surface area contributed by atoms with Crippen LogP contribution in [0.5, 0.6) is 0 Å².